The number of nitrogens with zero attached hydrogens (tertiary/aromatic N) is 6. The Bertz CT molecular complexity index is 3280. The van der Waals surface area contributed by atoms with Gasteiger partial charge in [-0.3, -0.25) is 0 Å². The summed E-state index contributed by atoms with van der Waals surface area (Å²) in [5, 5.41) is 24.6. The molecule has 58 heavy (non-hydrogen) atoms. The molecule has 0 bridgehead atoms. The van der Waals surface area contributed by atoms with Crippen LogP contribution in [0.3, 0.4) is 0 Å². The molecule has 0 atom stereocenters. The van der Waals surface area contributed by atoms with E-state index in [1.54, 1.807) is 0 Å². The van der Waals surface area contributed by atoms with Gasteiger partial charge in [0.25, 0.3) is 0 Å². The zero-order chi connectivity index (χ0) is 39.3. The van der Waals surface area contributed by atoms with Crippen molar-refractivity contribution < 1.29 is 0 Å². The molecule has 0 radical (unpaired) electrons. The molecule has 0 aliphatic heterocycles. The Hall–Kier alpha value is -8.68. The molecule has 10 aromatic rings. The van der Waals surface area contributed by atoms with Gasteiger partial charge in [0.05, 0.1) is 58.5 Å². The SMILES string of the molecule is [C-]#[N+]c1ccccc1-c1ccc2c(c1)c1ccccc1n2-c1ccc([N+]#[C-])c(-c2cc(-n3c4ccccc4c4cc(-c5ccccc5C#N)ccc43)ccc2C#N)c1. The summed E-state index contributed by atoms with van der Waals surface area (Å²) in [5.74, 6) is 0. The maximum Gasteiger partial charge on any atom is 0.195 e. The normalized spacial score (nSPS) is 11.0. The highest BCUT2D eigenvalue weighted by Crippen LogP contribution is 2.42. The quantitative estimate of drug-likeness (QED) is 0.165. The molecule has 0 N–H and O–H groups in total. The summed E-state index contributed by atoms with van der Waals surface area (Å²) in [4.78, 5) is 7.72. The van der Waals surface area contributed by atoms with Crippen molar-refractivity contribution in [2.75, 3.05) is 0 Å². The highest BCUT2D eigenvalue weighted by Gasteiger charge is 2.20. The highest BCUT2D eigenvalue weighted by atomic mass is 15.0. The lowest BCUT2D eigenvalue weighted by molar-refractivity contribution is 1.17. The van der Waals surface area contributed by atoms with Crippen LogP contribution in [0.5, 0.6) is 0 Å². The van der Waals surface area contributed by atoms with Gasteiger partial charge in [0.2, 0.25) is 0 Å². The highest BCUT2D eigenvalue weighted by molar-refractivity contribution is 6.12. The average molecular weight is 737 g/mol. The topological polar surface area (TPSA) is 66.2 Å². The van der Waals surface area contributed by atoms with E-state index in [-0.39, 0.29) is 0 Å². The monoisotopic (exact) mass is 736 g/mol. The van der Waals surface area contributed by atoms with E-state index in [2.05, 4.69) is 91.6 Å². The van der Waals surface area contributed by atoms with Gasteiger partial charge in [0.15, 0.2) is 11.4 Å². The van der Waals surface area contributed by atoms with Gasteiger partial charge in [-0.05, 0) is 106 Å². The molecule has 0 aliphatic rings. The van der Waals surface area contributed by atoms with Gasteiger partial charge >= 0.3 is 0 Å². The molecule has 0 unspecified atom stereocenters. The third kappa shape index (κ3) is 5.23. The third-order valence-corrected chi connectivity index (χ3v) is 11.1. The largest absolute Gasteiger partial charge is 0.309 e. The van der Waals surface area contributed by atoms with E-state index in [0.29, 0.717) is 33.6 Å². The molecule has 6 heteroatoms. The molecule has 6 nitrogen and oxygen atoms in total. The van der Waals surface area contributed by atoms with E-state index in [1.807, 2.05) is 109 Å². The second-order valence-electron chi connectivity index (χ2n) is 14.1. The van der Waals surface area contributed by atoms with Crippen LogP contribution in [0.4, 0.5) is 11.4 Å². The fourth-order valence-electron chi connectivity index (χ4n) is 8.45. The Kier molecular flexibility index (Phi) is 7.92. The van der Waals surface area contributed by atoms with Crippen LogP contribution in [0.1, 0.15) is 11.1 Å². The number of hydrogen-bond acceptors (Lipinski definition) is 2. The van der Waals surface area contributed by atoms with Crippen molar-refractivity contribution in [3.8, 4) is 56.9 Å². The number of aromatic nitrogens is 2. The maximum atomic E-state index is 10.5. The molecule has 0 saturated heterocycles. The summed E-state index contributed by atoms with van der Waals surface area (Å²) in [5.41, 5.74) is 12.8. The van der Waals surface area contributed by atoms with Crippen molar-refractivity contribution in [2.45, 2.75) is 0 Å². The Balaban J connectivity index is 1.16. The van der Waals surface area contributed by atoms with Crippen LogP contribution in [-0.4, -0.2) is 9.13 Å². The van der Waals surface area contributed by atoms with Crippen LogP contribution in [0.15, 0.2) is 170 Å². The number of rotatable bonds is 5. The van der Waals surface area contributed by atoms with Crippen LogP contribution in [0.25, 0.3) is 98.1 Å². The van der Waals surface area contributed by atoms with Gasteiger partial charge in [0, 0.05) is 32.9 Å². The first-order chi connectivity index (χ1) is 28.6. The second-order valence-corrected chi connectivity index (χ2v) is 14.1. The first kappa shape index (κ1) is 33.9. The summed E-state index contributed by atoms with van der Waals surface area (Å²) in [7, 11) is 0. The first-order valence-electron chi connectivity index (χ1n) is 18.7. The lowest BCUT2D eigenvalue weighted by Gasteiger charge is -2.15. The van der Waals surface area contributed by atoms with Crippen molar-refractivity contribution in [1.82, 2.24) is 9.13 Å². The summed E-state index contributed by atoms with van der Waals surface area (Å²) in [6, 6.07) is 60.8. The number of fused-ring (bicyclic) bond motifs is 6. The molecule has 10 rings (SSSR count). The number of nitriles is 2. The van der Waals surface area contributed by atoms with Crippen molar-refractivity contribution in [3.63, 3.8) is 0 Å². The molecular formula is C52H28N6. The molecule has 2 aromatic heterocycles. The molecule has 0 fully saturated rings. The van der Waals surface area contributed by atoms with Crippen molar-refractivity contribution >= 4 is 55.0 Å². The fraction of sp³-hybridized carbons (Fsp3) is 0. The minimum atomic E-state index is 0.444. The zero-order valence-corrected chi connectivity index (χ0v) is 30.8. The Morgan fingerprint density at radius 3 is 1.47 bits per heavy atom. The Morgan fingerprint density at radius 1 is 0.379 bits per heavy atom. The standard InChI is InChI=1S/C52H28N6/c1-55-47-16-8-5-13-40(47)34-21-26-52-46(28-34)42-15-7-10-18-50(42)58(52)38-23-24-48(56-2)44(30-38)43-29-37(22-19-36(43)32-54)57-49-17-9-6-14-41(49)45-27-33(20-25-51(45)57)39-12-4-3-11-35(39)31-53/h3-30H. The van der Waals surface area contributed by atoms with E-state index in [0.717, 1.165) is 77.2 Å². The molecule has 266 valence electrons. The van der Waals surface area contributed by atoms with Gasteiger partial charge in [-0.2, -0.15) is 10.5 Å². The van der Waals surface area contributed by atoms with Crippen LogP contribution < -0.4 is 0 Å². The summed E-state index contributed by atoms with van der Waals surface area (Å²) in [6.07, 6.45) is 0. The minimum absolute atomic E-state index is 0.444. The van der Waals surface area contributed by atoms with E-state index >= 15 is 0 Å². The lowest BCUT2D eigenvalue weighted by atomic mass is 9.97. The van der Waals surface area contributed by atoms with Crippen LogP contribution in [0.2, 0.25) is 0 Å². The first-order valence-corrected chi connectivity index (χ1v) is 18.7. The number of benzene rings is 8. The van der Waals surface area contributed by atoms with E-state index < -0.39 is 0 Å². The molecule has 2 heterocycles. The zero-order valence-electron chi connectivity index (χ0n) is 30.8. The number of hydrogen-bond donors (Lipinski definition) is 0. The van der Waals surface area contributed by atoms with E-state index in [1.165, 1.54) is 0 Å². The Labute approximate surface area is 334 Å². The maximum absolute atomic E-state index is 10.5. The molecule has 0 saturated carbocycles. The third-order valence-electron chi connectivity index (χ3n) is 11.1. The Morgan fingerprint density at radius 2 is 0.845 bits per heavy atom. The summed E-state index contributed by atoms with van der Waals surface area (Å²) >= 11 is 0. The smallest absolute Gasteiger partial charge is 0.195 e. The average Bonchev–Trinajstić information content (AvgIpc) is 3.80. The molecule has 0 aliphatic carbocycles. The van der Waals surface area contributed by atoms with Gasteiger partial charge < -0.3 is 9.13 Å². The molecule has 0 spiro atoms. The van der Waals surface area contributed by atoms with Gasteiger partial charge in [-0.15, -0.1) is 0 Å². The lowest BCUT2D eigenvalue weighted by Crippen LogP contribution is -1.98. The molecular weight excluding hydrogens is 709 g/mol. The van der Waals surface area contributed by atoms with E-state index in [9.17, 15) is 10.5 Å². The molecule has 8 aromatic carbocycles. The summed E-state index contributed by atoms with van der Waals surface area (Å²) < 4.78 is 4.41. The minimum Gasteiger partial charge on any atom is -0.309 e. The van der Waals surface area contributed by atoms with Crippen LogP contribution in [-0.2, 0) is 0 Å². The molecule has 0 amide bonds. The fourth-order valence-corrected chi connectivity index (χ4v) is 8.45. The van der Waals surface area contributed by atoms with Crippen molar-refractivity contribution in [1.29, 1.82) is 10.5 Å². The van der Waals surface area contributed by atoms with Gasteiger partial charge in [0.1, 0.15) is 0 Å². The van der Waals surface area contributed by atoms with Gasteiger partial charge in [-0.25, -0.2) is 9.69 Å². The predicted molar refractivity (Wildman–Crippen MR) is 233 cm³/mol. The van der Waals surface area contributed by atoms with Crippen LogP contribution >= 0.6 is 0 Å². The van der Waals surface area contributed by atoms with Crippen molar-refractivity contribution in [3.05, 3.63) is 204 Å². The summed E-state index contributed by atoms with van der Waals surface area (Å²) in [6.45, 7) is 16.0. The number of para-hydroxylation sites is 3. The van der Waals surface area contributed by atoms with Crippen molar-refractivity contribution in [2.24, 2.45) is 0 Å². The van der Waals surface area contributed by atoms with Crippen LogP contribution in [0, 0.1) is 35.8 Å². The second kappa shape index (κ2) is 13.6. The van der Waals surface area contributed by atoms with E-state index in [4.69, 9.17) is 13.1 Å². The predicted octanol–water partition coefficient (Wildman–Crippen LogP) is 13.7. The van der Waals surface area contributed by atoms with Gasteiger partial charge in [-0.1, -0.05) is 97.1 Å².